The summed E-state index contributed by atoms with van der Waals surface area (Å²) in [5, 5.41) is 2.71. The quantitative estimate of drug-likeness (QED) is 0.867. The minimum atomic E-state index is -4.47. The van der Waals surface area contributed by atoms with Crippen molar-refractivity contribution in [2.24, 2.45) is 0 Å². The first kappa shape index (κ1) is 18.2. The number of hydrogen-bond acceptors (Lipinski definition) is 6. The highest BCUT2D eigenvalue weighted by atomic mass is 19.4. The number of anilines is 4. The lowest BCUT2D eigenvalue weighted by atomic mass is 10.1. The standard InChI is InChI=1S/C17H21F3N6/c1-2-25-7-9-26(10-8-25)16-14(21)15(22-11-23-16)24-13-6-4-3-5-12(13)17(18,19)20/h3-6,11H,2,7-10,21H2,1H3,(H,22,23,24). The summed E-state index contributed by atoms with van der Waals surface area (Å²) in [4.78, 5) is 12.6. The molecule has 1 aliphatic heterocycles. The fourth-order valence-corrected chi connectivity index (χ4v) is 2.98. The van der Waals surface area contributed by atoms with Gasteiger partial charge in [0.2, 0.25) is 0 Å². The van der Waals surface area contributed by atoms with Crippen LogP contribution in [0.2, 0.25) is 0 Å². The number of likely N-dealkylation sites (N-methyl/N-ethyl adjacent to an activating group) is 1. The van der Waals surface area contributed by atoms with Gasteiger partial charge in [0.05, 0.1) is 11.3 Å². The first-order valence-corrected chi connectivity index (χ1v) is 8.41. The number of alkyl halides is 3. The average molecular weight is 366 g/mol. The molecule has 1 saturated heterocycles. The van der Waals surface area contributed by atoms with Crippen molar-refractivity contribution in [3.63, 3.8) is 0 Å². The third kappa shape index (κ3) is 3.82. The van der Waals surface area contributed by atoms with Crippen molar-refractivity contribution in [1.29, 1.82) is 0 Å². The minimum absolute atomic E-state index is 0.0906. The molecule has 2 aromatic rings. The normalized spacial score (nSPS) is 15.9. The van der Waals surface area contributed by atoms with Crippen LogP contribution in [-0.2, 0) is 6.18 Å². The fraction of sp³-hybridized carbons (Fsp3) is 0.412. The van der Waals surface area contributed by atoms with Crippen molar-refractivity contribution in [2.75, 3.05) is 48.7 Å². The van der Waals surface area contributed by atoms with Crippen LogP contribution in [0.1, 0.15) is 12.5 Å². The number of halogens is 3. The number of para-hydroxylation sites is 1. The molecular weight excluding hydrogens is 345 g/mol. The molecular formula is C17H21F3N6. The van der Waals surface area contributed by atoms with Crippen molar-refractivity contribution in [3.8, 4) is 0 Å². The smallest absolute Gasteiger partial charge is 0.393 e. The second kappa shape index (κ2) is 7.36. The molecule has 3 rings (SSSR count). The molecule has 1 aliphatic rings. The fourth-order valence-electron chi connectivity index (χ4n) is 2.98. The van der Waals surface area contributed by atoms with Crippen LogP contribution in [0.3, 0.4) is 0 Å². The molecule has 3 N–H and O–H groups in total. The molecule has 140 valence electrons. The molecule has 2 heterocycles. The molecule has 0 amide bonds. The first-order valence-electron chi connectivity index (χ1n) is 8.41. The highest BCUT2D eigenvalue weighted by molar-refractivity contribution is 5.79. The molecule has 1 aromatic heterocycles. The Kier molecular flexibility index (Phi) is 5.17. The molecule has 0 spiro atoms. The predicted octanol–water partition coefficient (Wildman–Crippen LogP) is 2.96. The monoisotopic (exact) mass is 366 g/mol. The molecule has 0 unspecified atom stereocenters. The van der Waals surface area contributed by atoms with E-state index in [1.54, 1.807) is 0 Å². The Hall–Kier alpha value is -2.55. The summed E-state index contributed by atoms with van der Waals surface area (Å²) in [5.74, 6) is 0.715. The van der Waals surface area contributed by atoms with E-state index in [-0.39, 0.29) is 17.2 Å². The van der Waals surface area contributed by atoms with Gasteiger partial charge < -0.3 is 20.9 Å². The Morgan fingerprint density at radius 3 is 2.46 bits per heavy atom. The van der Waals surface area contributed by atoms with Gasteiger partial charge in [-0.25, -0.2) is 9.97 Å². The molecule has 1 aromatic carbocycles. The molecule has 9 heteroatoms. The number of aromatic nitrogens is 2. The number of nitrogen functional groups attached to an aromatic ring is 1. The van der Waals surface area contributed by atoms with E-state index in [1.807, 2.05) is 4.90 Å². The van der Waals surface area contributed by atoms with Gasteiger partial charge in [0, 0.05) is 26.2 Å². The van der Waals surface area contributed by atoms with E-state index in [9.17, 15) is 13.2 Å². The van der Waals surface area contributed by atoms with E-state index >= 15 is 0 Å². The van der Waals surface area contributed by atoms with Crippen LogP contribution in [0.4, 0.5) is 36.2 Å². The largest absolute Gasteiger partial charge is 0.418 e. The first-order chi connectivity index (χ1) is 12.4. The summed E-state index contributed by atoms with van der Waals surface area (Å²) in [6.07, 6.45) is -3.15. The van der Waals surface area contributed by atoms with Crippen LogP contribution in [-0.4, -0.2) is 47.6 Å². The maximum absolute atomic E-state index is 13.2. The van der Waals surface area contributed by atoms with Gasteiger partial charge in [-0.15, -0.1) is 0 Å². The Morgan fingerprint density at radius 1 is 1.12 bits per heavy atom. The third-order valence-electron chi connectivity index (χ3n) is 4.47. The number of nitrogens with zero attached hydrogens (tertiary/aromatic N) is 4. The van der Waals surface area contributed by atoms with Crippen molar-refractivity contribution in [3.05, 3.63) is 36.2 Å². The van der Waals surface area contributed by atoms with Crippen molar-refractivity contribution < 1.29 is 13.2 Å². The van der Waals surface area contributed by atoms with Gasteiger partial charge in [0.1, 0.15) is 12.0 Å². The molecule has 0 radical (unpaired) electrons. The number of benzene rings is 1. The predicted molar refractivity (Wildman–Crippen MR) is 95.5 cm³/mol. The van der Waals surface area contributed by atoms with Crippen molar-refractivity contribution in [1.82, 2.24) is 14.9 Å². The number of piperazine rings is 1. The van der Waals surface area contributed by atoms with Gasteiger partial charge in [-0.2, -0.15) is 13.2 Å². The Balaban J connectivity index is 1.85. The summed E-state index contributed by atoms with van der Waals surface area (Å²) < 4.78 is 39.5. The van der Waals surface area contributed by atoms with Crippen LogP contribution < -0.4 is 16.0 Å². The SMILES string of the molecule is CCN1CCN(c2ncnc(Nc3ccccc3C(F)(F)F)c2N)CC1. The van der Waals surface area contributed by atoms with Crippen molar-refractivity contribution in [2.45, 2.75) is 13.1 Å². The Morgan fingerprint density at radius 2 is 1.81 bits per heavy atom. The van der Waals surface area contributed by atoms with Crippen LogP contribution in [0.5, 0.6) is 0 Å². The number of nitrogens with one attached hydrogen (secondary N) is 1. The second-order valence-corrected chi connectivity index (χ2v) is 6.05. The number of hydrogen-bond donors (Lipinski definition) is 2. The van der Waals surface area contributed by atoms with E-state index in [1.165, 1.54) is 24.5 Å². The van der Waals surface area contributed by atoms with Gasteiger partial charge in [-0.1, -0.05) is 19.1 Å². The lowest BCUT2D eigenvalue weighted by molar-refractivity contribution is -0.136. The van der Waals surface area contributed by atoms with E-state index in [0.717, 1.165) is 38.8 Å². The molecule has 6 nitrogen and oxygen atoms in total. The number of rotatable bonds is 4. The lowest BCUT2D eigenvalue weighted by Crippen LogP contribution is -2.46. The topological polar surface area (TPSA) is 70.3 Å². The summed E-state index contributed by atoms with van der Waals surface area (Å²) in [5.41, 5.74) is 5.55. The van der Waals surface area contributed by atoms with E-state index < -0.39 is 11.7 Å². The number of nitrogens with two attached hydrogens (primary N) is 1. The zero-order valence-corrected chi connectivity index (χ0v) is 14.4. The van der Waals surface area contributed by atoms with Crippen molar-refractivity contribution >= 4 is 23.0 Å². The summed E-state index contributed by atoms with van der Waals surface area (Å²) >= 11 is 0. The van der Waals surface area contributed by atoms with Gasteiger partial charge in [-0.3, -0.25) is 0 Å². The van der Waals surface area contributed by atoms with Crippen LogP contribution >= 0.6 is 0 Å². The molecule has 26 heavy (non-hydrogen) atoms. The molecule has 0 bridgehead atoms. The zero-order valence-electron chi connectivity index (χ0n) is 14.4. The molecule has 0 aliphatic carbocycles. The van der Waals surface area contributed by atoms with Gasteiger partial charge in [-0.05, 0) is 18.7 Å². The van der Waals surface area contributed by atoms with E-state index in [4.69, 9.17) is 5.73 Å². The molecule has 0 atom stereocenters. The van der Waals surface area contributed by atoms with Gasteiger partial charge in [0.25, 0.3) is 0 Å². The maximum atomic E-state index is 13.2. The minimum Gasteiger partial charge on any atom is -0.393 e. The summed E-state index contributed by atoms with van der Waals surface area (Å²) in [7, 11) is 0. The highest BCUT2D eigenvalue weighted by Gasteiger charge is 2.33. The second-order valence-electron chi connectivity index (χ2n) is 6.05. The lowest BCUT2D eigenvalue weighted by Gasteiger charge is -2.35. The Bertz CT molecular complexity index is 756. The Labute approximate surface area is 149 Å². The van der Waals surface area contributed by atoms with Crippen LogP contribution in [0.15, 0.2) is 30.6 Å². The van der Waals surface area contributed by atoms with Crippen LogP contribution in [0.25, 0.3) is 0 Å². The van der Waals surface area contributed by atoms with Crippen LogP contribution in [0, 0.1) is 0 Å². The third-order valence-corrected chi connectivity index (χ3v) is 4.47. The van der Waals surface area contributed by atoms with E-state index in [2.05, 4.69) is 27.1 Å². The van der Waals surface area contributed by atoms with Gasteiger partial charge in [0.15, 0.2) is 11.6 Å². The summed E-state index contributed by atoms with van der Waals surface area (Å²) in [6.45, 7) is 6.38. The van der Waals surface area contributed by atoms with E-state index in [0.29, 0.717) is 5.82 Å². The molecule has 1 fully saturated rings. The maximum Gasteiger partial charge on any atom is 0.418 e. The summed E-state index contributed by atoms with van der Waals surface area (Å²) in [6, 6.07) is 5.24. The zero-order chi connectivity index (χ0) is 18.7. The average Bonchev–Trinajstić information content (AvgIpc) is 2.63. The van der Waals surface area contributed by atoms with Gasteiger partial charge >= 0.3 is 6.18 Å². The highest BCUT2D eigenvalue weighted by Crippen LogP contribution is 2.37. The molecule has 0 saturated carbocycles.